The molecule has 132 valence electrons. The van der Waals surface area contributed by atoms with Crippen molar-refractivity contribution < 1.29 is 0 Å². The van der Waals surface area contributed by atoms with Crippen molar-refractivity contribution in [1.29, 1.82) is 0 Å². The van der Waals surface area contributed by atoms with E-state index >= 15 is 0 Å². The van der Waals surface area contributed by atoms with Crippen LogP contribution in [0.3, 0.4) is 0 Å². The Balaban J connectivity index is 1.63. The number of hydrogen-bond donors (Lipinski definition) is 0. The van der Waals surface area contributed by atoms with E-state index in [1.807, 2.05) is 0 Å². The molecule has 2 aliphatic rings. The van der Waals surface area contributed by atoms with Gasteiger partial charge >= 0.3 is 0 Å². The van der Waals surface area contributed by atoms with Crippen LogP contribution in [0, 0.1) is 5.92 Å². The molecule has 1 aromatic heterocycles. The van der Waals surface area contributed by atoms with Gasteiger partial charge in [-0.1, -0.05) is 73.9 Å². The van der Waals surface area contributed by atoms with E-state index in [0.29, 0.717) is 0 Å². The van der Waals surface area contributed by atoms with Crippen LogP contribution in [-0.2, 0) is 19.4 Å². The Morgan fingerprint density at radius 1 is 0.846 bits per heavy atom. The van der Waals surface area contributed by atoms with Gasteiger partial charge in [0.1, 0.15) is 5.69 Å². The molecule has 0 aliphatic heterocycles. The minimum Gasteiger partial charge on any atom is -0.268 e. The Morgan fingerprint density at radius 2 is 1.62 bits per heavy atom. The van der Waals surface area contributed by atoms with Crippen molar-refractivity contribution in [2.75, 3.05) is 0 Å². The number of fused-ring (bicyclic) bond motifs is 3. The molecule has 5 rings (SSSR count). The van der Waals surface area contributed by atoms with E-state index in [4.69, 9.17) is 5.10 Å². The molecule has 0 saturated heterocycles. The minimum absolute atomic E-state index is 0.800. The van der Waals surface area contributed by atoms with Crippen LogP contribution in [0.4, 0.5) is 0 Å². The molecule has 0 bridgehead atoms. The zero-order valence-corrected chi connectivity index (χ0v) is 15.3. The highest BCUT2D eigenvalue weighted by atomic mass is 15.3. The van der Waals surface area contributed by atoms with Crippen LogP contribution in [0.1, 0.15) is 43.4 Å². The van der Waals surface area contributed by atoms with E-state index in [-0.39, 0.29) is 0 Å². The highest BCUT2D eigenvalue weighted by Gasteiger charge is 2.27. The van der Waals surface area contributed by atoms with Crippen LogP contribution in [0.2, 0.25) is 0 Å². The highest BCUT2D eigenvalue weighted by Crippen LogP contribution is 2.41. The van der Waals surface area contributed by atoms with Crippen LogP contribution in [0.5, 0.6) is 0 Å². The van der Waals surface area contributed by atoms with Gasteiger partial charge in [-0.05, 0) is 42.7 Å². The molecule has 0 unspecified atom stereocenters. The quantitative estimate of drug-likeness (QED) is 0.580. The van der Waals surface area contributed by atoms with Gasteiger partial charge in [-0.2, -0.15) is 5.10 Å². The summed E-state index contributed by atoms with van der Waals surface area (Å²) < 4.78 is 2.36. The van der Waals surface area contributed by atoms with Crippen LogP contribution < -0.4 is 0 Å². The summed E-state index contributed by atoms with van der Waals surface area (Å²) in [7, 11) is 0. The maximum atomic E-state index is 5.17. The fourth-order valence-electron chi connectivity index (χ4n) is 4.83. The molecule has 0 amide bonds. The smallest absolute Gasteiger partial charge is 0.100 e. The predicted octanol–water partition coefficient (Wildman–Crippen LogP) is 5.90. The van der Waals surface area contributed by atoms with Crippen molar-refractivity contribution in [3.8, 4) is 22.4 Å². The lowest BCUT2D eigenvalue weighted by atomic mass is 9.86. The number of benzene rings is 2. The van der Waals surface area contributed by atoms with Crippen molar-refractivity contribution in [2.24, 2.45) is 5.92 Å². The van der Waals surface area contributed by atoms with Crippen molar-refractivity contribution in [1.82, 2.24) is 9.78 Å². The van der Waals surface area contributed by atoms with Crippen molar-refractivity contribution in [2.45, 2.75) is 51.5 Å². The largest absolute Gasteiger partial charge is 0.268 e. The third-order valence-electron chi connectivity index (χ3n) is 6.18. The summed E-state index contributed by atoms with van der Waals surface area (Å²) in [6.45, 7) is 1.09. The monoisotopic (exact) mass is 342 g/mol. The SMILES string of the molecule is c1ccc(-c2nn(CC3CCCCC3)c3c2-c2ccccc2CC3)cc1. The number of nitrogens with zero attached hydrogens (tertiary/aromatic N) is 2. The number of aromatic nitrogens is 2. The summed E-state index contributed by atoms with van der Waals surface area (Å²) in [5.41, 5.74) is 8.10. The fraction of sp³-hybridized carbons (Fsp3) is 0.375. The first-order valence-corrected chi connectivity index (χ1v) is 10.1. The van der Waals surface area contributed by atoms with E-state index in [2.05, 4.69) is 59.3 Å². The lowest BCUT2D eigenvalue weighted by Crippen LogP contribution is -2.18. The van der Waals surface area contributed by atoms with Crippen molar-refractivity contribution >= 4 is 0 Å². The van der Waals surface area contributed by atoms with Crippen molar-refractivity contribution in [3.63, 3.8) is 0 Å². The zero-order valence-electron chi connectivity index (χ0n) is 15.3. The first kappa shape index (κ1) is 15.9. The van der Waals surface area contributed by atoms with E-state index in [0.717, 1.165) is 25.3 Å². The Labute approximate surface area is 155 Å². The molecule has 2 nitrogen and oxygen atoms in total. The first-order valence-electron chi connectivity index (χ1n) is 10.1. The first-order chi connectivity index (χ1) is 12.9. The van der Waals surface area contributed by atoms with Crippen LogP contribution in [0.25, 0.3) is 22.4 Å². The Hall–Kier alpha value is -2.35. The van der Waals surface area contributed by atoms with E-state index in [9.17, 15) is 0 Å². The standard InChI is InChI=1S/C24H26N2/c1-3-9-18(10-4-1)17-26-22-16-15-19-11-7-8-14-21(19)23(22)24(25-26)20-12-5-2-6-13-20/h2,5-8,11-14,18H,1,3-4,9-10,15-17H2. The minimum atomic E-state index is 0.800. The van der Waals surface area contributed by atoms with Crippen LogP contribution in [-0.4, -0.2) is 9.78 Å². The van der Waals surface area contributed by atoms with Gasteiger partial charge in [0.05, 0.1) is 0 Å². The molecule has 0 N–H and O–H groups in total. The van der Waals surface area contributed by atoms with Gasteiger partial charge in [-0.15, -0.1) is 0 Å². The lowest BCUT2D eigenvalue weighted by Gasteiger charge is -2.23. The molecule has 0 atom stereocenters. The molecular weight excluding hydrogens is 316 g/mol. The second kappa shape index (κ2) is 6.75. The number of rotatable bonds is 3. The summed E-state index contributed by atoms with van der Waals surface area (Å²) in [4.78, 5) is 0. The third kappa shape index (κ3) is 2.78. The second-order valence-corrected chi connectivity index (χ2v) is 7.88. The molecule has 0 radical (unpaired) electrons. The summed E-state index contributed by atoms with van der Waals surface area (Å²) >= 11 is 0. The molecule has 1 fully saturated rings. The second-order valence-electron chi connectivity index (χ2n) is 7.88. The molecule has 26 heavy (non-hydrogen) atoms. The van der Waals surface area contributed by atoms with Gasteiger partial charge in [0.2, 0.25) is 0 Å². The maximum Gasteiger partial charge on any atom is 0.100 e. The van der Waals surface area contributed by atoms with Crippen molar-refractivity contribution in [3.05, 3.63) is 65.9 Å². The number of hydrogen-bond acceptors (Lipinski definition) is 1. The maximum absolute atomic E-state index is 5.17. The summed E-state index contributed by atoms with van der Waals surface area (Å²) in [6, 6.07) is 19.6. The van der Waals surface area contributed by atoms with Crippen LogP contribution >= 0.6 is 0 Å². The average Bonchev–Trinajstić information content (AvgIpc) is 3.08. The van der Waals surface area contributed by atoms with Gasteiger partial charge in [-0.3, -0.25) is 4.68 Å². The highest BCUT2D eigenvalue weighted by molar-refractivity contribution is 5.85. The van der Waals surface area contributed by atoms with Gasteiger partial charge in [0, 0.05) is 23.4 Å². The molecule has 2 heteroatoms. The Morgan fingerprint density at radius 3 is 2.46 bits per heavy atom. The molecule has 3 aromatic rings. The predicted molar refractivity (Wildman–Crippen MR) is 107 cm³/mol. The van der Waals surface area contributed by atoms with Crippen LogP contribution in [0.15, 0.2) is 54.6 Å². The normalized spacial score (nSPS) is 16.9. The summed E-state index contributed by atoms with van der Waals surface area (Å²) in [6.07, 6.45) is 9.17. The molecule has 2 aromatic carbocycles. The Kier molecular flexibility index (Phi) is 4.12. The zero-order chi connectivity index (χ0) is 17.3. The lowest BCUT2D eigenvalue weighted by molar-refractivity contribution is 0.304. The number of aryl methyl sites for hydroxylation is 1. The fourth-order valence-corrected chi connectivity index (χ4v) is 4.83. The third-order valence-corrected chi connectivity index (χ3v) is 6.18. The van der Waals surface area contributed by atoms with E-state index in [1.165, 1.54) is 65.7 Å². The molecule has 1 heterocycles. The molecular formula is C24H26N2. The summed E-state index contributed by atoms with van der Waals surface area (Å²) in [5, 5.41) is 5.17. The van der Waals surface area contributed by atoms with E-state index < -0.39 is 0 Å². The van der Waals surface area contributed by atoms with Gasteiger partial charge in [-0.25, -0.2) is 0 Å². The molecule has 0 spiro atoms. The van der Waals surface area contributed by atoms with Gasteiger partial charge < -0.3 is 0 Å². The van der Waals surface area contributed by atoms with E-state index in [1.54, 1.807) is 0 Å². The van der Waals surface area contributed by atoms with Gasteiger partial charge in [0.15, 0.2) is 0 Å². The molecule has 1 saturated carbocycles. The van der Waals surface area contributed by atoms with Gasteiger partial charge in [0.25, 0.3) is 0 Å². The average molecular weight is 342 g/mol. The topological polar surface area (TPSA) is 17.8 Å². The summed E-state index contributed by atoms with van der Waals surface area (Å²) in [5.74, 6) is 0.800. The molecule has 2 aliphatic carbocycles. The Bertz CT molecular complexity index is 901.